The maximum Gasteiger partial charge on any atom is 0.326 e. The van der Waals surface area contributed by atoms with Crippen LogP contribution in [0.3, 0.4) is 0 Å². The molecule has 3 rings (SSSR count). The molecule has 0 aliphatic carbocycles. The first-order valence-corrected chi connectivity index (χ1v) is 16.4. The van der Waals surface area contributed by atoms with Crippen LogP contribution in [0.2, 0.25) is 0 Å². The number of carbonyl (C=O) groups excluding carboxylic acids is 5. The molecule has 0 aromatic heterocycles. The van der Waals surface area contributed by atoms with Crippen LogP contribution in [-0.4, -0.2) is 100 Å². The molecule has 0 spiro atoms. The number of likely N-dealkylation sites (tertiary alicyclic amines) is 2. The average Bonchev–Trinajstić information content (AvgIpc) is 3.75. The van der Waals surface area contributed by atoms with Gasteiger partial charge in [0, 0.05) is 19.5 Å². The van der Waals surface area contributed by atoms with Crippen LogP contribution in [0, 0.1) is 11.8 Å². The van der Waals surface area contributed by atoms with Gasteiger partial charge in [-0.05, 0) is 43.1 Å². The summed E-state index contributed by atoms with van der Waals surface area (Å²) in [7, 11) is 0. The number of aliphatic carboxylic acids is 1. The van der Waals surface area contributed by atoms with E-state index in [0.717, 1.165) is 5.56 Å². The van der Waals surface area contributed by atoms with Gasteiger partial charge in [-0.2, -0.15) is 0 Å². The summed E-state index contributed by atoms with van der Waals surface area (Å²) in [5, 5.41) is 18.0. The van der Waals surface area contributed by atoms with Crippen molar-refractivity contribution in [1.82, 2.24) is 25.8 Å². The molecular formula is C33H50N6O7. The number of rotatable bonds is 15. The Kier molecular flexibility index (Phi) is 13.5. The van der Waals surface area contributed by atoms with Crippen molar-refractivity contribution in [3.63, 3.8) is 0 Å². The molecule has 254 valence electrons. The monoisotopic (exact) mass is 642 g/mol. The Morgan fingerprint density at radius 1 is 0.826 bits per heavy atom. The Balaban J connectivity index is 1.81. The van der Waals surface area contributed by atoms with Crippen LogP contribution < -0.4 is 21.7 Å². The lowest BCUT2D eigenvalue weighted by Crippen LogP contribution is -2.60. The summed E-state index contributed by atoms with van der Waals surface area (Å²) in [6, 6.07) is 4.48. The van der Waals surface area contributed by atoms with Crippen LogP contribution >= 0.6 is 0 Å². The van der Waals surface area contributed by atoms with Crippen molar-refractivity contribution in [2.75, 3.05) is 19.6 Å². The Bertz CT molecular complexity index is 1240. The summed E-state index contributed by atoms with van der Waals surface area (Å²) >= 11 is 0. The van der Waals surface area contributed by atoms with Crippen LogP contribution in [0.5, 0.6) is 0 Å². The second-order valence-electron chi connectivity index (χ2n) is 12.5. The minimum Gasteiger partial charge on any atom is -0.480 e. The summed E-state index contributed by atoms with van der Waals surface area (Å²) in [4.78, 5) is 81.8. The average molecular weight is 643 g/mol. The van der Waals surface area contributed by atoms with Gasteiger partial charge < -0.3 is 36.6 Å². The third-order valence-electron chi connectivity index (χ3n) is 9.36. The number of nitrogens with two attached hydrogens (primary N) is 1. The normalized spacial score (nSPS) is 21.1. The van der Waals surface area contributed by atoms with E-state index in [-0.39, 0.29) is 37.3 Å². The van der Waals surface area contributed by atoms with Crippen molar-refractivity contribution in [3.8, 4) is 0 Å². The van der Waals surface area contributed by atoms with E-state index in [1.165, 1.54) is 9.80 Å². The van der Waals surface area contributed by atoms with E-state index in [0.29, 0.717) is 45.1 Å². The molecule has 1 aromatic carbocycles. The summed E-state index contributed by atoms with van der Waals surface area (Å²) in [5.41, 5.74) is 6.37. The number of benzene rings is 1. The quantitative estimate of drug-likeness (QED) is 0.186. The van der Waals surface area contributed by atoms with E-state index in [2.05, 4.69) is 16.0 Å². The largest absolute Gasteiger partial charge is 0.480 e. The molecule has 0 radical (unpaired) electrons. The zero-order valence-corrected chi connectivity index (χ0v) is 27.4. The SMILES string of the molecule is CC[C@H](C)[C@H](NC(=O)[C@@H](NC(=O)[C@@H]1CCCN1C(=O)[C@H](Cc1ccccc1)NC(=O)[C@@H]1CCCN1C(=O)CN)[C@@H](C)CC)C(=O)O. The smallest absolute Gasteiger partial charge is 0.326 e. The molecule has 0 bridgehead atoms. The Morgan fingerprint density at radius 3 is 1.93 bits per heavy atom. The highest BCUT2D eigenvalue weighted by Crippen LogP contribution is 2.22. The predicted octanol–water partition coefficient (Wildman–Crippen LogP) is 0.801. The van der Waals surface area contributed by atoms with Gasteiger partial charge in [0.25, 0.3) is 0 Å². The Hall–Kier alpha value is -4.00. The number of nitrogens with one attached hydrogen (secondary N) is 3. The molecule has 13 nitrogen and oxygen atoms in total. The number of hydrogen-bond acceptors (Lipinski definition) is 7. The highest BCUT2D eigenvalue weighted by atomic mass is 16.4. The first-order valence-electron chi connectivity index (χ1n) is 16.4. The van der Waals surface area contributed by atoms with Gasteiger partial charge in [0.2, 0.25) is 29.5 Å². The van der Waals surface area contributed by atoms with Crippen molar-refractivity contribution >= 4 is 35.5 Å². The van der Waals surface area contributed by atoms with Crippen molar-refractivity contribution in [2.24, 2.45) is 17.6 Å². The minimum atomic E-state index is -1.15. The number of carboxylic acids is 1. The van der Waals surface area contributed by atoms with Gasteiger partial charge in [-0.1, -0.05) is 70.9 Å². The second-order valence-corrected chi connectivity index (χ2v) is 12.5. The lowest BCUT2D eigenvalue weighted by atomic mass is 9.95. The van der Waals surface area contributed by atoms with Gasteiger partial charge in [0.1, 0.15) is 30.2 Å². The molecule has 0 saturated carbocycles. The highest BCUT2D eigenvalue weighted by molar-refractivity contribution is 5.96. The molecule has 13 heteroatoms. The Morgan fingerprint density at radius 2 is 1.37 bits per heavy atom. The zero-order chi connectivity index (χ0) is 34.0. The molecular weight excluding hydrogens is 592 g/mol. The Labute approximate surface area is 271 Å². The summed E-state index contributed by atoms with van der Waals surface area (Å²) in [6.45, 7) is 7.73. The first-order chi connectivity index (χ1) is 21.9. The van der Waals surface area contributed by atoms with Gasteiger partial charge in [-0.15, -0.1) is 0 Å². The third kappa shape index (κ3) is 9.05. The lowest BCUT2D eigenvalue weighted by molar-refractivity contribution is -0.145. The van der Waals surface area contributed by atoms with Crippen molar-refractivity contribution in [1.29, 1.82) is 0 Å². The van der Waals surface area contributed by atoms with Gasteiger partial charge in [0.05, 0.1) is 6.54 Å². The molecule has 2 heterocycles. The maximum atomic E-state index is 14.1. The molecule has 2 fully saturated rings. The molecule has 46 heavy (non-hydrogen) atoms. The van der Waals surface area contributed by atoms with Gasteiger partial charge in [-0.25, -0.2) is 4.79 Å². The van der Waals surface area contributed by atoms with Crippen LogP contribution in [0.15, 0.2) is 30.3 Å². The number of amides is 5. The lowest BCUT2D eigenvalue weighted by Gasteiger charge is -2.32. The number of carboxylic acid groups (broad SMARTS) is 1. The van der Waals surface area contributed by atoms with Gasteiger partial charge in [-0.3, -0.25) is 24.0 Å². The fourth-order valence-corrected chi connectivity index (χ4v) is 6.15. The third-order valence-corrected chi connectivity index (χ3v) is 9.36. The van der Waals surface area contributed by atoms with Crippen LogP contribution in [0.25, 0.3) is 0 Å². The van der Waals surface area contributed by atoms with Crippen LogP contribution in [-0.2, 0) is 35.2 Å². The second kappa shape index (κ2) is 17.1. The maximum absolute atomic E-state index is 14.1. The van der Waals surface area contributed by atoms with Crippen LogP contribution in [0.4, 0.5) is 0 Å². The van der Waals surface area contributed by atoms with Crippen molar-refractivity contribution < 1.29 is 33.9 Å². The van der Waals surface area contributed by atoms with E-state index < -0.39 is 59.8 Å². The molecule has 0 unspecified atom stereocenters. The summed E-state index contributed by atoms with van der Waals surface area (Å²) in [5.74, 6) is -4.09. The summed E-state index contributed by atoms with van der Waals surface area (Å²) < 4.78 is 0. The minimum absolute atomic E-state index is 0.178. The molecule has 5 amide bonds. The fourth-order valence-electron chi connectivity index (χ4n) is 6.15. The predicted molar refractivity (Wildman–Crippen MR) is 171 cm³/mol. The van der Waals surface area contributed by atoms with E-state index >= 15 is 0 Å². The van der Waals surface area contributed by atoms with E-state index in [1.807, 2.05) is 44.2 Å². The molecule has 2 aliphatic heterocycles. The highest BCUT2D eigenvalue weighted by Gasteiger charge is 2.41. The summed E-state index contributed by atoms with van der Waals surface area (Å²) in [6.07, 6.45) is 3.28. The van der Waals surface area contributed by atoms with E-state index in [4.69, 9.17) is 5.73 Å². The molecule has 2 aliphatic rings. The van der Waals surface area contributed by atoms with E-state index in [9.17, 15) is 33.9 Å². The van der Waals surface area contributed by atoms with Crippen molar-refractivity contribution in [2.45, 2.75) is 103 Å². The molecule has 2 saturated heterocycles. The zero-order valence-electron chi connectivity index (χ0n) is 27.4. The fraction of sp³-hybridized carbons (Fsp3) is 0.636. The first kappa shape index (κ1) is 36.5. The van der Waals surface area contributed by atoms with E-state index in [1.54, 1.807) is 13.8 Å². The topological polar surface area (TPSA) is 191 Å². The number of hydrogen-bond donors (Lipinski definition) is 5. The van der Waals surface area contributed by atoms with Crippen molar-refractivity contribution in [3.05, 3.63) is 35.9 Å². The standard InChI is InChI=1S/C33H50N6O7/c1-5-20(3)27(31(43)37-28(33(45)46)21(4)6-2)36-30(42)25-15-11-17-39(25)32(44)23(18-22-12-8-7-9-13-22)35-29(41)24-14-10-16-38(24)26(40)19-34/h7-9,12-13,20-21,23-25,27-28H,5-6,10-11,14-19,34H2,1-4H3,(H,35,41)(H,36,42)(H,37,43)(H,45,46)/t20-,21-,23-,24-,25-,27-,28-/m0/s1. The molecule has 6 N–H and O–H groups in total. The number of carbonyl (C=O) groups is 6. The van der Waals surface area contributed by atoms with Gasteiger partial charge >= 0.3 is 5.97 Å². The number of nitrogens with zero attached hydrogens (tertiary/aromatic N) is 2. The molecule has 7 atom stereocenters. The van der Waals surface area contributed by atoms with Crippen LogP contribution in [0.1, 0.15) is 71.8 Å². The molecule has 1 aromatic rings. The van der Waals surface area contributed by atoms with Gasteiger partial charge in [0.15, 0.2) is 0 Å².